The second-order valence-corrected chi connectivity index (χ2v) is 2.43. The van der Waals surface area contributed by atoms with Crippen molar-refractivity contribution >= 4 is 11.6 Å². The molecule has 0 unspecified atom stereocenters. The zero-order chi connectivity index (χ0) is 7.40. The molecule has 1 heterocycles. The van der Waals surface area contributed by atoms with Crippen LogP contribution in [0.2, 0.25) is 0 Å². The molecular formula is C6H7ClN3+. The molecular weight excluding hydrogens is 150 g/mol. The minimum Gasteiger partial charge on any atom is -0.250 e. The number of hydrogen-bond acceptors (Lipinski definition) is 1. The van der Waals surface area contributed by atoms with Crippen molar-refractivity contribution in [1.82, 2.24) is 4.98 Å². The van der Waals surface area contributed by atoms with Gasteiger partial charge in [0.15, 0.2) is 5.38 Å². The highest BCUT2D eigenvalue weighted by Gasteiger charge is 2.05. The standard InChI is InChI=1S/C6H6ClN3/c7-6(3-8)4-10-2-1-9-5-10/h1-2,5-6H,4H2/p+1/t6-/m0/s1. The molecule has 0 aliphatic heterocycles. The number of aromatic amines is 1. The lowest BCUT2D eigenvalue weighted by molar-refractivity contribution is -0.693. The molecule has 0 saturated carbocycles. The lowest BCUT2D eigenvalue weighted by Crippen LogP contribution is -2.34. The Kier molecular flexibility index (Phi) is 2.30. The summed E-state index contributed by atoms with van der Waals surface area (Å²) in [6.45, 7) is 0.529. The first-order valence-corrected chi connectivity index (χ1v) is 3.32. The lowest BCUT2D eigenvalue weighted by atomic mass is 10.4. The highest BCUT2D eigenvalue weighted by Crippen LogP contribution is 1.91. The van der Waals surface area contributed by atoms with Crippen molar-refractivity contribution in [2.24, 2.45) is 0 Å². The first-order valence-electron chi connectivity index (χ1n) is 2.88. The summed E-state index contributed by atoms with van der Waals surface area (Å²) in [5.41, 5.74) is 0. The molecule has 0 saturated heterocycles. The van der Waals surface area contributed by atoms with Gasteiger partial charge in [-0.2, -0.15) is 5.26 Å². The first-order chi connectivity index (χ1) is 4.83. The van der Waals surface area contributed by atoms with Crippen molar-refractivity contribution in [1.29, 1.82) is 5.26 Å². The van der Waals surface area contributed by atoms with Gasteiger partial charge in [-0.15, -0.1) is 11.6 Å². The van der Waals surface area contributed by atoms with Crippen molar-refractivity contribution < 1.29 is 4.57 Å². The average Bonchev–Trinajstić information content (AvgIpc) is 2.40. The van der Waals surface area contributed by atoms with Crippen LogP contribution in [-0.4, -0.2) is 10.4 Å². The van der Waals surface area contributed by atoms with Crippen LogP contribution in [0.4, 0.5) is 0 Å². The van der Waals surface area contributed by atoms with Crippen LogP contribution in [0.5, 0.6) is 0 Å². The van der Waals surface area contributed by atoms with E-state index in [0.29, 0.717) is 6.54 Å². The third-order valence-corrected chi connectivity index (χ3v) is 1.35. The van der Waals surface area contributed by atoms with Crippen LogP contribution in [0.3, 0.4) is 0 Å². The highest BCUT2D eigenvalue weighted by atomic mass is 35.5. The van der Waals surface area contributed by atoms with E-state index < -0.39 is 5.38 Å². The third kappa shape index (κ3) is 1.74. The van der Waals surface area contributed by atoms with E-state index in [0.717, 1.165) is 0 Å². The molecule has 1 aromatic heterocycles. The molecule has 52 valence electrons. The van der Waals surface area contributed by atoms with E-state index in [1.807, 2.05) is 16.8 Å². The Bertz CT molecular complexity index is 224. The molecule has 0 spiro atoms. The van der Waals surface area contributed by atoms with Gasteiger partial charge in [-0.1, -0.05) is 0 Å². The van der Waals surface area contributed by atoms with Crippen LogP contribution in [0.25, 0.3) is 0 Å². The van der Waals surface area contributed by atoms with Crippen LogP contribution < -0.4 is 4.57 Å². The molecule has 0 aromatic carbocycles. The van der Waals surface area contributed by atoms with Crippen LogP contribution in [0.15, 0.2) is 18.7 Å². The van der Waals surface area contributed by atoms with E-state index in [1.54, 1.807) is 12.5 Å². The number of nitrogens with zero attached hydrogens (tertiary/aromatic N) is 2. The average molecular weight is 157 g/mol. The van der Waals surface area contributed by atoms with Crippen molar-refractivity contribution in [3.8, 4) is 6.07 Å². The minimum atomic E-state index is -0.444. The Labute approximate surface area is 63.9 Å². The minimum absolute atomic E-state index is 0.444. The van der Waals surface area contributed by atoms with Crippen LogP contribution in [0.1, 0.15) is 0 Å². The summed E-state index contributed by atoms with van der Waals surface area (Å²) in [5, 5.41) is 7.88. The van der Waals surface area contributed by atoms with Crippen molar-refractivity contribution in [2.75, 3.05) is 0 Å². The van der Waals surface area contributed by atoms with E-state index in [1.165, 1.54) is 0 Å². The van der Waals surface area contributed by atoms with Gasteiger partial charge in [0.25, 0.3) is 0 Å². The second kappa shape index (κ2) is 3.23. The summed E-state index contributed by atoms with van der Waals surface area (Å²) in [6.07, 6.45) is 5.36. The quantitative estimate of drug-likeness (QED) is 0.490. The number of nitriles is 1. The molecule has 1 atom stereocenters. The zero-order valence-electron chi connectivity index (χ0n) is 5.29. The Morgan fingerprint density at radius 3 is 3.10 bits per heavy atom. The number of rotatable bonds is 2. The predicted molar refractivity (Wildman–Crippen MR) is 36.2 cm³/mol. The third-order valence-electron chi connectivity index (χ3n) is 1.11. The largest absolute Gasteiger partial charge is 0.250 e. The van der Waals surface area contributed by atoms with Crippen molar-refractivity contribution in [3.63, 3.8) is 0 Å². The Balaban J connectivity index is 2.50. The van der Waals surface area contributed by atoms with Gasteiger partial charge in [0.2, 0.25) is 6.33 Å². The van der Waals surface area contributed by atoms with E-state index in [2.05, 4.69) is 4.98 Å². The fourth-order valence-corrected chi connectivity index (χ4v) is 0.819. The smallest absolute Gasteiger partial charge is 0.241 e. The van der Waals surface area contributed by atoms with Gasteiger partial charge >= 0.3 is 0 Å². The van der Waals surface area contributed by atoms with Gasteiger partial charge in [-0.3, -0.25) is 4.98 Å². The van der Waals surface area contributed by atoms with Crippen molar-refractivity contribution in [3.05, 3.63) is 18.7 Å². The molecule has 0 aliphatic rings. The summed E-state index contributed by atoms with van der Waals surface area (Å²) < 4.78 is 1.82. The topological polar surface area (TPSA) is 43.5 Å². The normalized spacial score (nSPS) is 12.4. The molecule has 0 aliphatic carbocycles. The number of H-pyrrole nitrogens is 1. The summed E-state index contributed by atoms with van der Waals surface area (Å²) in [7, 11) is 0. The molecule has 3 nitrogen and oxygen atoms in total. The Hall–Kier alpha value is -1.01. The first kappa shape index (κ1) is 7.10. The highest BCUT2D eigenvalue weighted by molar-refractivity contribution is 6.22. The number of alkyl halides is 1. The monoisotopic (exact) mass is 156 g/mol. The van der Waals surface area contributed by atoms with Gasteiger partial charge in [-0.05, 0) is 0 Å². The van der Waals surface area contributed by atoms with Gasteiger partial charge in [0.05, 0.1) is 6.07 Å². The van der Waals surface area contributed by atoms with Gasteiger partial charge in [0, 0.05) is 0 Å². The molecule has 0 fully saturated rings. The summed E-state index contributed by atoms with van der Waals surface area (Å²) in [4.78, 5) is 2.85. The number of imidazole rings is 1. The van der Waals surface area contributed by atoms with Crippen LogP contribution in [0, 0.1) is 11.3 Å². The molecule has 1 N–H and O–H groups in total. The number of hydrogen-bond donors (Lipinski definition) is 1. The maximum atomic E-state index is 8.33. The summed E-state index contributed by atoms with van der Waals surface area (Å²) in [5.74, 6) is 0. The summed E-state index contributed by atoms with van der Waals surface area (Å²) in [6, 6.07) is 1.93. The molecule has 0 radical (unpaired) electrons. The van der Waals surface area contributed by atoms with E-state index in [4.69, 9.17) is 16.9 Å². The van der Waals surface area contributed by atoms with Crippen LogP contribution >= 0.6 is 11.6 Å². The maximum Gasteiger partial charge on any atom is 0.241 e. The predicted octanol–water partition coefficient (Wildman–Crippen LogP) is 0.433. The van der Waals surface area contributed by atoms with Crippen LogP contribution in [-0.2, 0) is 6.54 Å². The van der Waals surface area contributed by atoms with Gasteiger partial charge < -0.3 is 0 Å². The summed E-state index contributed by atoms with van der Waals surface area (Å²) >= 11 is 5.56. The molecule has 1 rings (SSSR count). The Morgan fingerprint density at radius 1 is 1.80 bits per heavy atom. The van der Waals surface area contributed by atoms with Gasteiger partial charge in [-0.25, -0.2) is 4.57 Å². The Morgan fingerprint density at radius 2 is 2.60 bits per heavy atom. The van der Waals surface area contributed by atoms with E-state index in [-0.39, 0.29) is 0 Å². The fraction of sp³-hybridized carbons (Fsp3) is 0.333. The van der Waals surface area contributed by atoms with Gasteiger partial charge in [0.1, 0.15) is 18.9 Å². The fourth-order valence-electron chi connectivity index (χ4n) is 0.660. The maximum absolute atomic E-state index is 8.33. The number of nitrogens with one attached hydrogen (secondary N) is 1. The molecule has 10 heavy (non-hydrogen) atoms. The molecule has 0 bridgehead atoms. The SMILES string of the molecule is N#C[C@H](Cl)C[n+]1cc[nH]c1. The number of halogens is 1. The second-order valence-electron chi connectivity index (χ2n) is 1.90. The molecule has 4 heteroatoms. The number of aromatic nitrogens is 2. The molecule has 0 amide bonds. The zero-order valence-corrected chi connectivity index (χ0v) is 6.04. The molecule has 1 aromatic rings. The lowest BCUT2D eigenvalue weighted by Gasteiger charge is -1.92. The van der Waals surface area contributed by atoms with E-state index in [9.17, 15) is 0 Å². The van der Waals surface area contributed by atoms with Crippen molar-refractivity contribution in [2.45, 2.75) is 11.9 Å². The van der Waals surface area contributed by atoms with E-state index >= 15 is 0 Å².